The molecular weight excluding hydrogens is 378 g/mol. The number of rotatable bonds is 6. The molecule has 1 aromatic carbocycles. The van der Waals surface area contributed by atoms with E-state index in [1.54, 1.807) is 12.4 Å². The van der Waals surface area contributed by atoms with Gasteiger partial charge < -0.3 is 25.3 Å². The molecule has 3 N–H and O–H groups in total. The van der Waals surface area contributed by atoms with Gasteiger partial charge in [0.05, 0.1) is 18.9 Å². The van der Waals surface area contributed by atoms with Crippen LogP contribution >= 0.6 is 0 Å². The summed E-state index contributed by atoms with van der Waals surface area (Å²) in [6, 6.07) is 12.3. The van der Waals surface area contributed by atoms with Crippen molar-refractivity contribution in [3.05, 3.63) is 72.3 Å². The number of allylic oxidation sites excluding steroid dienone is 2. The van der Waals surface area contributed by atoms with E-state index in [-0.39, 0.29) is 0 Å². The average molecular weight is 403 g/mol. The van der Waals surface area contributed by atoms with Crippen LogP contribution in [0.25, 0.3) is 22.2 Å². The van der Waals surface area contributed by atoms with E-state index in [0.717, 1.165) is 72.0 Å². The zero-order valence-electron chi connectivity index (χ0n) is 16.7. The van der Waals surface area contributed by atoms with Gasteiger partial charge >= 0.3 is 0 Å². The van der Waals surface area contributed by atoms with Gasteiger partial charge in [0.25, 0.3) is 0 Å². The first kappa shape index (κ1) is 18.7. The molecule has 0 radical (unpaired) electrons. The lowest BCUT2D eigenvalue weighted by Gasteiger charge is -2.26. The van der Waals surface area contributed by atoms with Crippen LogP contribution in [0.15, 0.2) is 61.1 Å². The van der Waals surface area contributed by atoms with Crippen LogP contribution in [0.4, 0.5) is 0 Å². The van der Waals surface area contributed by atoms with Crippen LogP contribution in [0, 0.1) is 0 Å². The van der Waals surface area contributed by atoms with E-state index in [1.165, 1.54) is 0 Å². The van der Waals surface area contributed by atoms with E-state index in [2.05, 4.69) is 50.0 Å². The van der Waals surface area contributed by atoms with Gasteiger partial charge in [-0.1, -0.05) is 0 Å². The Balaban J connectivity index is 1.29. The number of morpholine rings is 1. The molecule has 4 heterocycles. The summed E-state index contributed by atoms with van der Waals surface area (Å²) in [5, 5.41) is 1.16. The molecule has 7 heteroatoms. The van der Waals surface area contributed by atoms with Crippen molar-refractivity contribution in [3.8, 4) is 5.75 Å². The maximum atomic E-state index is 5.99. The Morgan fingerprint density at radius 2 is 1.93 bits per heavy atom. The highest BCUT2D eigenvalue weighted by atomic mass is 16.5. The summed E-state index contributed by atoms with van der Waals surface area (Å²) in [6.45, 7) is 5.19. The Bertz CT molecular complexity index is 1070. The molecule has 1 fully saturated rings. The van der Waals surface area contributed by atoms with E-state index < -0.39 is 0 Å². The van der Waals surface area contributed by atoms with Crippen molar-refractivity contribution in [3.63, 3.8) is 0 Å². The minimum absolute atomic E-state index is 0.678. The van der Waals surface area contributed by atoms with Gasteiger partial charge in [-0.25, -0.2) is 0 Å². The summed E-state index contributed by atoms with van der Waals surface area (Å²) in [5.41, 5.74) is 11.6. The summed E-state index contributed by atoms with van der Waals surface area (Å²) in [4.78, 5) is 9.98. The second-order valence-corrected chi connectivity index (χ2v) is 7.40. The largest absolute Gasteiger partial charge is 0.492 e. The molecule has 0 aliphatic carbocycles. The lowest BCUT2D eigenvalue weighted by molar-refractivity contribution is 0.0322. The third-order valence-electron chi connectivity index (χ3n) is 5.41. The molecule has 3 aromatic rings. The van der Waals surface area contributed by atoms with E-state index in [1.807, 2.05) is 24.4 Å². The van der Waals surface area contributed by atoms with E-state index in [4.69, 9.17) is 9.47 Å². The van der Waals surface area contributed by atoms with Crippen LogP contribution in [0.5, 0.6) is 5.75 Å². The first-order valence-electron chi connectivity index (χ1n) is 10.2. The van der Waals surface area contributed by atoms with E-state index >= 15 is 0 Å². The Hall–Kier alpha value is -3.29. The fourth-order valence-electron chi connectivity index (χ4n) is 3.74. The summed E-state index contributed by atoms with van der Waals surface area (Å²) in [5.74, 6) is 0.884. The summed E-state index contributed by atoms with van der Waals surface area (Å²) >= 11 is 0. The zero-order valence-corrected chi connectivity index (χ0v) is 16.7. The van der Waals surface area contributed by atoms with Crippen molar-refractivity contribution in [2.45, 2.75) is 0 Å². The van der Waals surface area contributed by atoms with Gasteiger partial charge in [0, 0.05) is 72.0 Å². The number of fused-ring (bicyclic) bond motifs is 1. The number of hydrogen-bond acceptors (Lipinski definition) is 6. The van der Waals surface area contributed by atoms with Gasteiger partial charge in [0.1, 0.15) is 12.4 Å². The predicted octanol–water partition coefficient (Wildman–Crippen LogP) is 2.76. The Kier molecular flexibility index (Phi) is 5.37. The lowest BCUT2D eigenvalue weighted by atomic mass is 10.1. The minimum Gasteiger partial charge on any atom is -0.492 e. The number of hydrogen-bond donors (Lipinski definition) is 3. The Labute approximate surface area is 175 Å². The molecule has 1 saturated heterocycles. The van der Waals surface area contributed by atoms with Gasteiger partial charge in [-0.15, -0.1) is 0 Å². The topological polar surface area (TPSA) is 74.4 Å². The number of H-pyrrole nitrogens is 1. The van der Waals surface area contributed by atoms with Gasteiger partial charge in [-0.3, -0.25) is 9.88 Å². The molecular formula is C23H25N5O2. The SMILES string of the molecule is C1=C(c2ccncc2)NNC=C1c1cc2ccc(OCCN3CCOCC3)cc2[nH]1. The van der Waals surface area contributed by atoms with Crippen molar-refractivity contribution in [2.75, 3.05) is 39.5 Å². The molecule has 7 nitrogen and oxygen atoms in total. The van der Waals surface area contributed by atoms with Gasteiger partial charge in [-0.2, -0.15) is 0 Å². The third kappa shape index (κ3) is 4.17. The number of nitrogens with zero attached hydrogens (tertiary/aromatic N) is 2. The second-order valence-electron chi connectivity index (χ2n) is 7.40. The molecule has 2 aliphatic heterocycles. The number of benzene rings is 1. The average Bonchev–Trinajstić information content (AvgIpc) is 3.24. The lowest BCUT2D eigenvalue weighted by Crippen LogP contribution is -2.38. The summed E-state index contributed by atoms with van der Waals surface area (Å²) < 4.78 is 11.4. The molecule has 0 amide bonds. The van der Waals surface area contributed by atoms with Gasteiger partial charge in [0.15, 0.2) is 0 Å². The van der Waals surface area contributed by atoms with Crippen molar-refractivity contribution >= 4 is 22.2 Å². The number of nitrogens with one attached hydrogen (secondary N) is 3. The van der Waals surface area contributed by atoms with Crippen LogP contribution in [0.2, 0.25) is 0 Å². The van der Waals surface area contributed by atoms with Crippen molar-refractivity contribution in [1.82, 2.24) is 25.7 Å². The minimum atomic E-state index is 0.678. The first-order valence-corrected chi connectivity index (χ1v) is 10.2. The van der Waals surface area contributed by atoms with Crippen LogP contribution in [0.1, 0.15) is 11.3 Å². The standard InChI is InChI=1S/C23H25N5O2/c1-2-20(30-12-9-28-7-10-29-11-8-28)15-22-18(1)13-21(26-22)19-14-23(27-25-16-19)17-3-5-24-6-4-17/h1-6,13-16,25-27H,7-12H2. The fourth-order valence-corrected chi connectivity index (χ4v) is 3.74. The normalized spacial score (nSPS) is 17.1. The number of aromatic amines is 1. The number of ether oxygens (including phenoxy) is 2. The maximum Gasteiger partial charge on any atom is 0.121 e. The van der Waals surface area contributed by atoms with Gasteiger partial charge in [0.2, 0.25) is 0 Å². The number of pyridine rings is 1. The molecule has 154 valence electrons. The molecule has 0 unspecified atom stereocenters. The smallest absolute Gasteiger partial charge is 0.121 e. The number of aromatic nitrogens is 2. The van der Waals surface area contributed by atoms with Crippen LogP contribution in [-0.2, 0) is 4.74 Å². The van der Waals surface area contributed by atoms with E-state index in [9.17, 15) is 0 Å². The highest BCUT2D eigenvalue weighted by molar-refractivity contribution is 5.90. The maximum absolute atomic E-state index is 5.99. The third-order valence-corrected chi connectivity index (χ3v) is 5.41. The van der Waals surface area contributed by atoms with Crippen molar-refractivity contribution in [2.24, 2.45) is 0 Å². The second kappa shape index (κ2) is 8.61. The van der Waals surface area contributed by atoms with Crippen molar-refractivity contribution < 1.29 is 9.47 Å². The summed E-state index contributed by atoms with van der Waals surface area (Å²) in [7, 11) is 0. The molecule has 0 spiro atoms. The molecule has 0 atom stereocenters. The fraction of sp³-hybridized carbons (Fsp3) is 0.261. The monoisotopic (exact) mass is 403 g/mol. The first-order chi connectivity index (χ1) is 14.8. The predicted molar refractivity (Wildman–Crippen MR) is 118 cm³/mol. The van der Waals surface area contributed by atoms with E-state index in [0.29, 0.717) is 6.61 Å². The molecule has 0 bridgehead atoms. The van der Waals surface area contributed by atoms with Crippen LogP contribution < -0.4 is 15.6 Å². The Morgan fingerprint density at radius 3 is 2.80 bits per heavy atom. The number of hydrazine groups is 1. The van der Waals surface area contributed by atoms with Crippen LogP contribution in [-0.4, -0.2) is 54.3 Å². The molecule has 2 aromatic heterocycles. The Morgan fingerprint density at radius 1 is 1.07 bits per heavy atom. The molecule has 5 rings (SSSR count). The molecule has 2 aliphatic rings. The molecule has 30 heavy (non-hydrogen) atoms. The highest BCUT2D eigenvalue weighted by Crippen LogP contribution is 2.27. The van der Waals surface area contributed by atoms with Crippen molar-refractivity contribution in [1.29, 1.82) is 0 Å². The summed E-state index contributed by atoms with van der Waals surface area (Å²) in [6.07, 6.45) is 7.66. The molecule has 0 saturated carbocycles. The quantitative estimate of drug-likeness (QED) is 0.588. The van der Waals surface area contributed by atoms with Crippen LogP contribution in [0.3, 0.4) is 0 Å². The highest BCUT2D eigenvalue weighted by Gasteiger charge is 2.12. The van der Waals surface area contributed by atoms with Gasteiger partial charge in [-0.05, 0) is 36.4 Å². The zero-order chi connectivity index (χ0) is 20.2.